The van der Waals surface area contributed by atoms with Crippen LogP contribution in [0.4, 0.5) is 5.82 Å². The summed E-state index contributed by atoms with van der Waals surface area (Å²) in [6.45, 7) is 6.47. The number of amides is 1. The van der Waals surface area contributed by atoms with Gasteiger partial charge in [-0.1, -0.05) is 12.1 Å². The molecular weight excluding hydrogens is 496 g/mol. The van der Waals surface area contributed by atoms with Gasteiger partial charge in [-0.05, 0) is 66.2 Å². The number of para-hydroxylation sites is 1. The number of nitrogens with zero attached hydrogens (tertiary/aromatic N) is 5. The van der Waals surface area contributed by atoms with Crippen LogP contribution in [0, 0.1) is 5.92 Å². The maximum Gasteiger partial charge on any atom is 0.219 e. The number of hydrogen-bond donors (Lipinski definition) is 2. The van der Waals surface area contributed by atoms with E-state index in [2.05, 4.69) is 31.2 Å². The Bertz CT molecular complexity index is 1170. The Balaban J connectivity index is 1.29. The average Bonchev–Trinajstić information content (AvgIpc) is 3.24. The van der Waals surface area contributed by atoms with Crippen LogP contribution in [-0.2, 0) is 4.79 Å². The van der Waals surface area contributed by atoms with Crippen molar-refractivity contribution in [3.05, 3.63) is 41.0 Å². The summed E-state index contributed by atoms with van der Waals surface area (Å²) >= 11 is 3.55. The third kappa shape index (κ3) is 4.77. The van der Waals surface area contributed by atoms with Gasteiger partial charge in [0, 0.05) is 50.8 Å². The first kappa shape index (κ1) is 23.1. The quantitative estimate of drug-likeness (QED) is 0.522. The van der Waals surface area contributed by atoms with Gasteiger partial charge in [0.2, 0.25) is 5.91 Å². The number of phenols is 1. The Morgan fingerprint density at radius 1 is 1.21 bits per heavy atom. The zero-order valence-electron chi connectivity index (χ0n) is 19.5. The summed E-state index contributed by atoms with van der Waals surface area (Å²) in [6.07, 6.45) is 6.27. The van der Waals surface area contributed by atoms with Crippen molar-refractivity contribution in [1.82, 2.24) is 24.4 Å². The molecule has 180 valence electrons. The molecule has 0 spiro atoms. The summed E-state index contributed by atoms with van der Waals surface area (Å²) in [4.78, 5) is 21.0. The molecule has 2 N–H and O–H groups in total. The van der Waals surface area contributed by atoms with Gasteiger partial charge in [-0.2, -0.15) is 9.61 Å². The molecule has 1 unspecified atom stereocenters. The van der Waals surface area contributed by atoms with Crippen molar-refractivity contribution in [2.45, 2.75) is 38.6 Å². The molecule has 9 heteroatoms. The van der Waals surface area contributed by atoms with Crippen LogP contribution < -0.4 is 5.32 Å². The summed E-state index contributed by atoms with van der Waals surface area (Å²) in [7, 11) is 0. The Hall–Kier alpha value is -2.65. The first-order valence-corrected chi connectivity index (χ1v) is 12.8. The van der Waals surface area contributed by atoms with E-state index in [1.165, 1.54) is 12.8 Å². The number of piperidine rings is 2. The predicted molar refractivity (Wildman–Crippen MR) is 136 cm³/mol. The standard InChI is InChI=1S/C25H31BrN6O2/c1-17(33)30-11-8-19(9-12-30)31-10-4-5-18(16-31)14-27-24-13-22(20-6-2-3-7-23(20)34)29-25-21(26)15-28-32(24)25/h2-3,6-7,13,15,18-19,27,34H,4-5,8-12,14,16H2,1H3. The molecule has 0 bridgehead atoms. The molecule has 3 aromatic rings. The maximum atomic E-state index is 11.7. The smallest absolute Gasteiger partial charge is 0.219 e. The summed E-state index contributed by atoms with van der Waals surface area (Å²) in [5.41, 5.74) is 2.12. The summed E-state index contributed by atoms with van der Waals surface area (Å²) in [5.74, 6) is 1.80. The number of phenolic OH excluding ortho intramolecular Hbond substituents is 1. The van der Waals surface area contributed by atoms with Gasteiger partial charge < -0.3 is 15.3 Å². The number of fused-ring (bicyclic) bond motifs is 1. The van der Waals surface area contributed by atoms with E-state index in [0.717, 1.165) is 55.9 Å². The van der Waals surface area contributed by atoms with Crippen molar-refractivity contribution in [2.75, 3.05) is 38.0 Å². The monoisotopic (exact) mass is 526 g/mol. The van der Waals surface area contributed by atoms with Crippen LogP contribution in [0.2, 0.25) is 0 Å². The number of benzene rings is 1. The van der Waals surface area contributed by atoms with E-state index >= 15 is 0 Å². The van der Waals surface area contributed by atoms with Crippen LogP contribution in [0.5, 0.6) is 5.75 Å². The molecule has 2 saturated heterocycles. The van der Waals surface area contributed by atoms with E-state index in [-0.39, 0.29) is 11.7 Å². The highest BCUT2D eigenvalue weighted by atomic mass is 79.9. The van der Waals surface area contributed by atoms with Crippen LogP contribution in [0.1, 0.15) is 32.6 Å². The topological polar surface area (TPSA) is 86.0 Å². The molecular formula is C25H31BrN6O2. The lowest BCUT2D eigenvalue weighted by Crippen LogP contribution is -2.50. The molecule has 2 aliphatic rings. The number of aromatic nitrogens is 3. The van der Waals surface area contributed by atoms with Crippen LogP contribution in [0.15, 0.2) is 41.0 Å². The summed E-state index contributed by atoms with van der Waals surface area (Å²) < 4.78 is 2.62. The number of carbonyl (C=O) groups is 1. The van der Waals surface area contributed by atoms with Gasteiger partial charge in [-0.15, -0.1) is 0 Å². The highest BCUT2D eigenvalue weighted by Gasteiger charge is 2.29. The second-order valence-corrected chi connectivity index (χ2v) is 10.2. The minimum Gasteiger partial charge on any atom is -0.507 e. The Kier molecular flexibility index (Phi) is 6.74. The second kappa shape index (κ2) is 9.92. The van der Waals surface area contributed by atoms with Gasteiger partial charge in [0.05, 0.1) is 16.4 Å². The maximum absolute atomic E-state index is 11.7. The Labute approximate surface area is 208 Å². The van der Waals surface area contributed by atoms with E-state index in [0.29, 0.717) is 28.9 Å². The minimum atomic E-state index is 0.191. The van der Waals surface area contributed by atoms with Crippen LogP contribution >= 0.6 is 15.9 Å². The fraction of sp³-hybridized carbons (Fsp3) is 0.480. The molecule has 0 aliphatic carbocycles. The number of rotatable bonds is 5. The van der Waals surface area contributed by atoms with E-state index in [9.17, 15) is 9.90 Å². The lowest BCUT2D eigenvalue weighted by Gasteiger charge is -2.42. The molecule has 2 aliphatic heterocycles. The van der Waals surface area contributed by atoms with Gasteiger partial charge in [0.15, 0.2) is 5.65 Å². The summed E-state index contributed by atoms with van der Waals surface area (Å²) in [5, 5.41) is 18.5. The number of halogens is 1. The number of aromatic hydroxyl groups is 1. The Morgan fingerprint density at radius 3 is 2.76 bits per heavy atom. The van der Waals surface area contributed by atoms with Crippen molar-refractivity contribution < 1.29 is 9.90 Å². The van der Waals surface area contributed by atoms with E-state index < -0.39 is 0 Å². The van der Waals surface area contributed by atoms with Gasteiger partial charge in [0.1, 0.15) is 11.6 Å². The molecule has 2 aromatic heterocycles. The van der Waals surface area contributed by atoms with Crippen molar-refractivity contribution >= 4 is 33.3 Å². The fourth-order valence-corrected chi connectivity index (χ4v) is 5.63. The molecule has 5 rings (SSSR count). The number of hydrogen-bond acceptors (Lipinski definition) is 6. The molecule has 1 aromatic carbocycles. The molecule has 34 heavy (non-hydrogen) atoms. The van der Waals surface area contributed by atoms with E-state index in [1.807, 2.05) is 33.7 Å². The molecule has 8 nitrogen and oxygen atoms in total. The third-order valence-corrected chi connectivity index (χ3v) is 7.72. The van der Waals surface area contributed by atoms with Crippen molar-refractivity contribution in [3.63, 3.8) is 0 Å². The van der Waals surface area contributed by atoms with Gasteiger partial charge in [-0.3, -0.25) is 9.69 Å². The Morgan fingerprint density at radius 2 is 2.00 bits per heavy atom. The van der Waals surface area contributed by atoms with Gasteiger partial charge >= 0.3 is 0 Å². The number of carbonyl (C=O) groups excluding carboxylic acids is 1. The van der Waals surface area contributed by atoms with Gasteiger partial charge in [0.25, 0.3) is 0 Å². The highest BCUT2D eigenvalue weighted by molar-refractivity contribution is 9.10. The summed E-state index contributed by atoms with van der Waals surface area (Å²) in [6, 6.07) is 9.79. The molecule has 0 radical (unpaired) electrons. The molecule has 2 fully saturated rings. The molecule has 4 heterocycles. The van der Waals surface area contributed by atoms with Crippen molar-refractivity contribution in [3.8, 4) is 17.0 Å². The van der Waals surface area contributed by atoms with Crippen LogP contribution in [0.3, 0.4) is 0 Å². The first-order chi connectivity index (χ1) is 16.5. The largest absolute Gasteiger partial charge is 0.507 e. The fourth-order valence-electron chi connectivity index (χ4n) is 5.28. The minimum absolute atomic E-state index is 0.191. The zero-order valence-corrected chi connectivity index (χ0v) is 21.0. The van der Waals surface area contributed by atoms with E-state index in [1.54, 1.807) is 19.2 Å². The predicted octanol–water partition coefficient (Wildman–Crippen LogP) is 4.00. The van der Waals surface area contributed by atoms with Crippen molar-refractivity contribution in [1.29, 1.82) is 0 Å². The number of nitrogens with one attached hydrogen (secondary N) is 1. The number of anilines is 1. The molecule has 1 amide bonds. The molecule has 0 saturated carbocycles. The first-order valence-electron chi connectivity index (χ1n) is 12.1. The van der Waals surface area contributed by atoms with Crippen LogP contribution in [-0.4, -0.2) is 74.2 Å². The van der Waals surface area contributed by atoms with Crippen molar-refractivity contribution in [2.24, 2.45) is 5.92 Å². The lowest BCUT2D eigenvalue weighted by molar-refractivity contribution is -0.130. The third-order valence-electron chi connectivity index (χ3n) is 7.16. The normalized spacial score (nSPS) is 20.1. The zero-order chi connectivity index (χ0) is 23.7. The second-order valence-electron chi connectivity index (χ2n) is 9.39. The number of likely N-dealkylation sites (tertiary alicyclic amines) is 2. The molecule has 1 atom stereocenters. The average molecular weight is 527 g/mol. The van der Waals surface area contributed by atoms with E-state index in [4.69, 9.17) is 4.98 Å². The van der Waals surface area contributed by atoms with Gasteiger partial charge in [-0.25, -0.2) is 4.98 Å². The highest BCUT2D eigenvalue weighted by Crippen LogP contribution is 2.31. The lowest BCUT2D eigenvalue weighted by atomic mass is 9.93. The SMILES string of the molecule is CC(=O)N1CCC(N2CCCC(CNc3cc(-c4ccccc4O)nc4c(Br)cnn34)C2)CC1. The van der Waals surface area contributed by atoms with Crippen LogP contribution in [0.25, 0.3) is 16.9 Å².